The molecule has 1 aliphatic heterocycles. The minimum Gasteiger partial charge on any atom is -0.354 e. The fourth-order valence-electron chi connectivity index (χ4n) is 3.59. The molecule has 1 N–H and O–H groups in total. The second kappa shape index (κ2) is 8.81. The number of anilines is 1. The first-order valence-corrected chi connectivity index (χ1v) is 11.5. The van der Waals surface area contributed by atoms with Crippen LogP contribution in [0.3, 0.4) is 0 Å². The number of hydrogen-bond donors (Lipinski definition) is 1. The van der Waals surface area contributed by atoms with Gasteiger partial charge in [-0.05, 0) is 35.0 Å². The molecule has 0 aliphatic carbocycles. The molecule has 0 spiro atoms. The third-order valence-electron chi connectivity index (χ3n) is 5.26. The van der Waals surface area contributed by atoms with E-state index in [1.165, 1.54) is 4.31 Å². The molecule has 156 valence electrons. The van der Waals surface area contributed by atoms with E-state index in [0.717, 1.165) is 16.6 Å². The summed E-state index contributed by atoms with van der Waals surface area (Å²) in [6.07, 6.45) is 1.73. The number of rotatable bonds is 6. The summed E-state index contributed by atoms with van der Waals surface area (Å²) < 4.78 is 26.8. The van der Waals surface area contributed by atoms with E-state index in [9.17, 15) is 13.2 Å². The number of carbonyl (C=O) groups is 1. The zero-order chi connectivity index (χ0) is 21.0. The molecule has 30 heavy (non-hydrogen) atoms. The maximum absolute atomic E-state index is 12.7. The summed E-state index contributed by atoms with van der Waals surface area (Å²) in [5, 5.41) is 4.76. The first-order valence-electron chi connectivity index (χ1n) is 9.94. The van der Waals surface area contributed by atoms with Crippen LogP contribution in [0.15, 0.2) is 66.9 Å². The standard InChI is InChI=1S/C22H24N4O3S/c27-22(20-9-8-18-5-1-2-6-19(18)17-20)24-11-16-30(28,29)26-14-12-25(13-15-26)21-7-3-4-10-23-21/h1-10,17H,11-16H2,(H,24,27). The van der Waals surface area contributed by atoms with Gasteiger partial charge in [0, 0.05) is 44.5 Å². The van der Waals surface area contributed by atoms with Crippen molar-refractivity contribution in [2.24, 2.45) is 0 Å². The average molecular weight is 425 g/mol. The van der Waals surface area contributed by atoms with Gasteiger partial charge in [-0.1, -0.05) is 36.4 Å². The summed E-state index contributed by atoms with van der Waals surface area (Å²) in [6, 6.07) is 19.0. The van der Waals surface area contributed by atoms with E-state index in [0.29, 0.717) is 31.7 Å². The van der Waals surface area contributed by atoms with Crippen molar-refractivity contribution in [1.82, 2.24) is 14.6 Å². The summed E-state index contributed by atoms with van der Waals surface area (Å²) in [5.41, 5.74) is 0.523. The van der Waals surface area contributed by atoms with Gasteiger partial charge >= 0.3 is 0 Å². The number of aromatic nitrogens is 1. The first-order chi connectivity index (χ1) is 14.5. The molecule has 8 heteroatoms. The second-order valence-electron chi connectivity index (χ2n) is 7.21. The van der Waals surface area contributed by atoms with Gasteiger partial charge in [0.15, 0.2) is 0 Å². The number of pyridine rings is 1. The minimum absolute atomic E-state index is 0.0778. The molecule has 1 aromatic heterocycles. The van der Waals surface area contributed by atoms with Gasteiger partial charge in [-0.15, -0.1) is 0 Å². The lowest BCUT2D eigenvalue weighted by molar-refractivity contribution is 0.0956. The molecule has 2 aromatic carbocycles. The van der Waals surface area contributed by atoms with Crippen LogP contribution in [0.5, 0.6) is 0 Å². The van der Waals surface area contributed by atoms with Gasteiger partial charge in [-0.2, -0.15) is 4.31 Å². The van der Waals surface area contributed by atoms with Gasteiger partial charge in [0.2, 0.25) is 10.0 Å². The van der Waals surface area contributed by atoms with Crippen molar-refractivity contribution in [3.63, 3.8) is 0 Å². The fourth-order valence-corrected chi connectivity index (χ4v) is 4.93. The van der Waals surface area contributed by atoms with Crippen molar-refractivity contribution in [2.75, 3.05) is 43.4 Å². The van der Waals surface area contributed by atoms with E-state index >= 15 is 0 Å². The highest BCUT2D eigenvalue weighted by Gasteiger charge is 2.27. The summed E-state index contributed by atoms with van der Waals surface area (Å²) in [6.45, 7) is 2.10. The third-order valence-corrected chi connectivity index (χ3v) is 7.13. The molecule has 1 aliphatic rings. The van der Waals surface area contributed by atoms with Crippen LogP contribution in [0.4, 0.5) is 5.82 Å². The van der Waals surface area contributed by atoms with Gasteiger partial charge in [0.05, 0.1) is 5.75 Å². The fraction of sp³-hybridized carbons (Fsp3) is 0.273. The monoisotopic (exact) mass is 424 g/mol. The Kier molecular flexibility index (Phi) is 5.96. The number of benzene rings is 2. The Hall–Kier alpha value is -2.97. The first kappa shape index (κ1) is 20.3. The molecule has 1 saturated heterocycles. The van der Waals surface area contributed by atoms with Crippen LogP contribution in [0, 0.1) is 0 Å². The number of piperazine rings is 1. The van der Waals surface area contributed by atoms with Crippen molar-refractivity contribution in [2.45, 2.75) is 0 Å². The Labute approximate surface area is 176 Å². The Bertz CT molecular complexity index is 1130. The van der Waals surface area contributed by atoms with Gasteiger partial charge in [-0.25, -0.2) is 13.4 Å². The predicted octanol–water partition coefficient (Wildman–Crippen LogP) is 2.12. The van der Waals surface area contributed by atoms with Crippen molar-refractivity contribution in [1.29, 1.82) is 0 Å². The minimum atomic E-state index is -3.43. The lowest BCUT2D eigenvalue weighted by atomic mass is 10.1. The molecule has 0 radical (unpaired) electrons. The molecular weight excluding hydrogens is 400 g/mol. The van der Waals surface area contributed by atoms with E-state index in [4.69, 9.17) is 0 Å². The highest BCUT2D eigenvalue weighted by atomic mass is 32.2. The van der Waals surface area contributed by atoms with E-state index in [1.54, 1.807) is 12.3 Å². The maximum Gasteiger partial charge on any atom is 0.251 e. The number of fused-ring (bicyclic) bond motifs is 1. The Morgan fingerprint density at radius 1 is 0.933 bits per heavy atom. The summed E-state index contributed by atoms with van der Waals surface area (Å²) >= 11 is 0. The number of amides is 1. The SMILES string of the molecule is O=C(NCCS(=O)(=O)N1CCN(c2ccccn2)CC1)c1ccc2ccccc2c1. The maximum atomic E-state index is 12.7. The smallest absolute Gasteiger partial charge is 0.251 e. The van der Waals surface area contributed by atoms with Gasteiger partial charge in [0.1, 0.15) is 5.82 Å². The van der Waals surface area contributed by atoms with E-state index < -0.39 is 10.0 Å². The summed E-state index contributed by atoms with van der Waals surface area (Å²) in [7, 11) is -3.43. The predicted molar refractivity (Wildman–Crippen MR) is 118 cm³/mol. The van der Waals surface area contributed by atoms with Gasteiger partial charge < -0.3 is 10.2 Å². The van der Waals surface area contributed by atoms with Crippen molar-refractivity contribution < 1.29 is 13.2 Å². The lowest BCUT2D eigenvalue weighted by Crippen LogP contribution is -2.50. The molecule has 0 saturated carbocycles. The normalized spacial score (nSPS) is 15.3. The summed E-state index contributed by atoms with van der Waals surface area (Å²) in [4.78, 5) is 18.8. The second-order valence-corrected chi connectivity index (χ2v) is 9.30. The number of nitrogens with zero attached hydrogens (tertiary/aromatic N) is 3. The van der Waals surface area contributed by atoms with Crippen LogP contribution in [0.2, 0.25) is 0 Å². The Balaban J connectivity index is 1.29. The Morgan fingerprint density at radius 3 is 2.40 bits per heavy atom. The molecule has 1 fully saturated rings. The molecule has 7 nitrogen and oxygen atoms in total. The van der Waals surface area contributed by atoms with E-state index in [-0.39, 0.29) is 18.2 Å². The number of nitrogens with one attached hydrogen (secondary N) is 1. The highest BCUT2D eigenvalue weighted by Crippen LogP contribution is 2.16. The largest absolute Gasteiger partial charge is 0.354 e. The molecule has 4 rings (SSSR count). The number of sulfonamides is 1. The van der Waals surface area contributed by atoms with E-state index in [2.05, 4.69) is 15.2 Å². The van der Waals surface area contributed by atoms with E-state index in [1.807, 2.05) is 54.6 Å². The van der Waals surface area contributed by atoms with Crippen LogP contribution < -0.4 is 10.2 Å². The van der Waals surface area contributed by atoms with Crippen LogP contribution in [-0.2, 0) is 10.0 Å². The lowest BCUT2D eigenvalue weighted by Gasteiger charge is -2.34. The summed E-state index contributed by atoms with van der Waals surface area (Å²) in [5.74, 6) is 0.476. The van der Waals surface area contributed by atoms with Gasteiger partial charge in [-0.3, -0.25) is 4.79 Å². The van der Waals surface area contributed by atoms with Crippen LogP contribution in [0.25, 0.3) is 10.8 Å². The number of carbonyl (C=O) groups excluding carboxylic acids is 1. The molecule has 0 bridgehead atoms. The third kappa shape index (κ3) is 4.60. The topological polar surface area (TPSA) is 82.6 Å². The average Bonchev–Trinajstić information content (AvgIpc) is 2.79. The van der Waals surface area contributed by atoms with Crippen molar-refractivity contribution >= 4 is 32.5 Å². The zero-order valence-electron chi connectivity index (χ0n) is 16.6. The van der Waals surface area contributed by atoms with Crippen LogP contribution in [-0.4, -0.2) is 62.1 Å². The molecule has 0 atom stereocenters. The molecule has 3 aromatic rings. The quantitative estimate of drug-likeness (QED) is 0.655. The molecule has 2 heterocycles. The number of hydrogen-bond acceptors (Lipinski definition) is 5. The molecule has 0 unspecified atom stereocenters. The van der Waals surface area contributed by atoms with Crippen LogP contribution >= 0.6 is 0 Å². The zero-order valence-corrected chi connectivity index (χ0v) is 17.4. The molecular formula is C22H24N4O3S. The van der Waals surface area contributed by atoms with Crippen molar-refractivity contribution in [3.05, 3.63) is 72.4 Å². The van der Waals surface area contributed by atoms with Crippen molar-refractivity contribution in [3.8, 4) is 0 Å². The van der Waals surface area contributed by atoms with Gasteiger partial charge in [0.25, 0.3) is 5.91 Å². The highest BCUT2D eigenvalue weighted by molar-refractivity contribution is 7.89. The molecule has 1 amide bonds. The van der Waals surface area contributed by atoms with Crippen LogP contribution in [0.1, 0.15) is 10.4 Å². The Morgan fingerprint density at radius 2 is 1.67 bits per heavy atom.